The molecule has 0 atom stereocenters. The predicted octanol–water partition coefficient (Wildman–Crippen LogP) is 7.12. The Morgan fingerprint density at radius 2 is 1.31 bits per heavy atom. The van der Waals surface area contributed by atoms with Crippen molar-refractivity contribution in [1.29, 1.82) is 0 Å². The van der Waals surface area contributed by atoms with E-state index in [1.807, 2.05) is 30.3 Å². The van der Waals surface area contributed by atoms with E-state index in [0.717, 1.165) is 44.5 Å². The zero-order chi connectivity index (χ0) is 31.1. The Hall–Kier alpha value is -5.10. The van der Waals surface area contributed by atoms with E-state index < -0.39 is 0 Å². The first-order valence-corrected chi connectivity index (χ1v) is 16.2. The Balaban J connectivity index is 1.55. The van der Waals surface area contributed by atoms with Crippen LogP contribution in [-0.2, 0) is 4.74 Å². The summed E-state index contributed by atoms with van der Waals surface area (Å²) in [5.41, 5.74) is 9.42. The van der Waals surface area contributed by atoms with Gasteiger partial charge in [-0.1, -0.05) is 0 Å². The third-order valence-corrected chi connectivity index (χ3v) is 10.5. The number of hydrogen-bond acceptors (Lipinski definition) is 6. The third kappa shape index (κ3) is 5.10. The Morgan fingerprint density at radius 3 is 1.91 bits per heavy atom. The standard InChI is InChI=1S/C38H30N2O4Se/c1-23-13-18-33(40-31-9-5-7-11-34(31)45-35-12-8-6-10-32(35)40)37-36(23)29(26-19-27(42-2)21-28(20-26)43-3)22-30(39-37)24-14-16-25(17-15-24)38(41)44-4/h5-22H,1-4H3. The number of methoxy groups -OCH3 is 3. The number of fused-ring (bicyclic) bond motifs is 3. The van der Waals surface area contributed by atoms with Crippen molar-refractivity contribution in [1.82, 2.24) is 4.98 Å². The van der Waals surface area contributed by atoms with Crippen molar-refractivity contribution >= 4 is 57.8 Å². The second-order valence-corrected chi connectivity index (χ2v) is 13.0. The van der Waals surface area contributed by atoms with Gasteiger partial charge in [-0.3, -0.25) is 0 Å². The Labute approximate surface area is 268 Å². The summed E-state index contributed by atoms with van der Waals surface area (Å²) in [5.74, 6) is 1.03. The summed E-state index contributed by atoms with van der Waals surface area (Å²) in [6.45, 7) is 2.13. The molecule has 2 heterocycles. The van der Waals surface area contributed by atoms with E-state index in [-0.39, 0.29) is 20.9 Å². The van der Waals surface area contributed by atoms with Crippen LogP contribution >= 0.6 is 0 Å². The summed E-state index contributed by atoms with van der Waals surface area (Å²) in [7, 11) is 4.71. The van der Waals surface area contributed by atoms with Gasteiger partial charge < -0.3 is 4.74 Å². The van der Waals surface area contributed by atoms with Crippen LogP contribution in [0.1, 0.15) is 15.9 Å². The van der Waals surface area contributed by atoms with Gasteiger partial charge in [0.15, 0.2) is 0 Å². The zero-order valence-electron chi connectivity index (χ0n) is 25.3. The molecule has 0 amide bonds. The van der Waals surface area contributed by atoms with Crippen molar-refractivity contribution in [3.63, 3.8) is 0 Å². The Bertz CT molecular complexity index is 2020. The quantitative estimate of drug-likeness (QED) is 0.140. The molecule has 6 nitrogen and oxygen atoms in total. The first kappa shape index (κ1) is 28.7. The van der Waals surface area contributed by atoms with E-state index in [2.05, 4.69) is 78.6 Å². The number of benzene rings is 5. The molecule has 1 aliphatic heterocycles. The zero-order valence-corrected chi connectivity index (χ0v) is 27.0. The molecule has 7 heteroatoms. The van der Waals surface area contributed by atoms with Gasteiger partial charge in [0.1, 0.15) is 0 Å². The number of aryl methyl sites for hydroxylation is 1. The van der Waals surface area contributed by atoms with Gasteiger partial charge in [-0.25, -0.2) is 4.79 Å². The average molecular weight is 658 g/mol. The molecule has 0 N–H and O–H groups in total. The summed E-state index contributed by atoms with van der Waals surface area (Å²) in [5, 5.41) is 1.05. The maximum absolute atomic E-state index is 12.2. The topological polar surface area (TPSA) is 60.9 Å². The number of rotatable bonds is 6. The molecule has 0 saturated carbocycles. The van der Waals surface area contributed by atoms with Gasteiger partial charge in [0.25, 0.3) is 0 Å². The third-order valence-electron chi connectivity index (χ3n) is 8.08. The van der Waals surface area contributed by atoms with Crippen LogP contribution in [0, 0.1) is 6.92 Å². The number of aromatic nitrogens is 1. The minimum absolute atomic E-state index is 0.187. The first-order valence-electron chi connectivity index (χ1n) is 14.5. The number of carbonyl (C=O) groups is 1. The molecule has 5 aromatic carbocycles. The second-order valence-electron chi connectivity index (χ2n) is 10.7. The molecule has 0 bridgehead atoms. The summed E-state index contributed by atoms with van der Waals surface area (Å²) >= 11 is 0.187. The molecule has 0 saturated heterocycles. The van der Waals surface area contributed by atoms with Gasteiger partial charge in [-0.2, -0.15) is 0 Å². The van der Waals surface area contributed by atoms with Crippen LogP contribution in [-0.4, -0.2) is 47.2 Å². The summed E-state index contributed by atoms with van der Waals surface area (Å²) < 4.78 is 18.9. The molecular weight excluding hydrogens is 627 g/mol. The molecule has 0 spiro atoms. The summed E-state index contributed by atoms with van der Waals surface area (Å²) in [6.07, 6.45) is 0. The molecule has 45 heavy (non-hydrogen) atoms. The molecule has 222 valence electrons. The van der Waals surface area contributed by atoms with E-state index in [1.165, 1.54) is 27.4 Å². The van der Waals surface area contributed by atoms with Crippen LogP contribution in [0.25, 0.3) is 33.3 Å². The van der Waals surface area contributed by atoms with E-state index in [1.54, 1.807) is 26.4 Å². The number of anilines is 3. The fourth-order valence-electron chi connectivity index (χ4n) is 5.87. The number of pyridine rings is 1. The number of hydrogen-bond donors (Lipinski definition) is 0. The van der Waals surface area contributed by atoms with Gasteiger partial charge in [0.2, 0.25) is 0 Å². The minimum atomic E-state index is -0.376. The second kappa shape index (κ2) is 11.8. The molecule has 7 rings (SSSR count). The molecule has 0 unspecified atom stereocenters. The molecule has 0 radical (unpaired) electrons. The fraction of sp³-hybridized carbons (Fsp3) is 0.105. The van der Waals surface area contributed by atoms with Gasteiger partial charge >= 0.3 is 253 Å². The van der Waals surface area contributed by atoms with Crippen LogP contribution in [0.3, 0.4) is 0 Å². The summed E-state index contributed by atoms with van der Waals surface area (Å²) in [6, 6.07) is 37.1. The SMILES string of the molecule is COC(=O)c1ccc(-c2cc(-c3cc(OC)cc(OC)c3)c3c(C)ccc(N4c5ccccc5[Se]c5ccccc54)c3n2)cc1. The molecule has 1 aromatic heterocycles. The van der Waals surface area contributed by atoms with Gasteiger partial charge in [0.05, 0.1) is 7.11 Å². The van der Waals surface area contributed by atoms with Crippen molar-refractivity contribution in [2.45, 2.75) is 6.92 Å². The van der Waals surface area contributed by atoms with Gasteiger partial charge in [0, 0.05) is 0 Å². The van der Waals surface area contributed by atoms with Crippen LogP contribution in [0.2, 0.25) is 0 Å². The monoisotopic (exact) mass is 658 g/mol. The van der Waals surface area contributed by atoms with Crippen molar-refractivity contribution in [3.05, 3.63) is 120 Å². The first-order chi connectivity index (χ1) is 22.0. The average Bonchev–Trinajstić information content (AvgIpc) is 3.10. The predicted molar refractivity (Wildman–Crippen MR) is 182 cm³/mol. The van der Waals surface area contributed by atoms with Crippen LogP contribution in [0.5, 0.6) is 11.5 Å². The molecule has 6 aromatic rings. The Kier molecular flexibility index (Phi) is 7.50. The van der Waals surface area contributed by atoms with E-state index in [9.17, 15) is 4.79 Å². The van der Waals surface area contributed by atoms with E-state index >= 15 is 0 Å². The molecule has 0 aliphatic carbocycles. The van der Waals surface area contributed by atoms with Crippen LogP contribution in [0.15, 0.2) is 109 Å². The van der Waals surface area contributed by atoms with E-state index in [4.69, 9.17) is 19.2 Å². The summed E-state index contributed by atoms with van der Waals surface area (Å²) in [4.78, 5) is 19.9. The molecule has 1 aliphatic rings. The van der Waals surface area contributed by atoms with Crippen molar-refractivity contribution in [3.8, 4) is 33.9 Å². The molecule has 0 fully saturated rings. The van der Waals surface area contributed by atoms with Crippen LogP contribution < -0.4 is 23.3 Å². The van der Waals surface area contributed by atoms with Crippen molar-refractivity contribution in [2.24, 2.45) is 0 Å². The number of nitrogens with zero attached hydrogens (tertiary/aromatic N) is 2. The number of ether oxygens (including phenoxy) is 3. The molecular formula is C38H30N2O4Se. The van der Waals surface area contributed by atoms with Crippen molar-refractivity contribution in [2.75, 3.05) is 26.2 Å². The van der Waals surface area contributed by atoms with Crippen molar-refractivity contribution < 1.29 is 19.0 Å². The number of carbonyl (C=O) groups excluding carboxylic acids is 1. The van der Waals surface area contributed by atoms with Gasteiger partial charge in [-0.05, 0) is 0 Å². The Morgan fingerprint density at radius 1 is 0.689 bits per heavy atom. The fourth-order valence-corrected chi connectivity index (χ4v) is 8.09. The number of esters is 1. The van der Waals surface area contributed by atoms with E-state index in [0.29, 0.717) is 17.1 Å². The normalized spacial score (nSPS) is 12.0. The van der Waals surface area contributed by atoms with Gasteiger partial charge in [-0.15, -0.1) is 0 Å². The maximum atomic E-state index is 12.2. The van der Waals surface area contributed by atoms with Crippen LogP contribution in [0.4, 0.5) is 17.1 Å². The number of para-hydroxylation sites is 2.